The molecule has 18 heavy (non-hydrogen) atoms. The van der Waals surface area contributed by atoms with E-state index in [0.29, 0.717) is 0 Å². The molecule has 2 bridgehead atoms. The van der Waals surface area contributed by atoms with E-state index in [1.165, 1.54) is 38.0 Å². The zero-order valence-corrected chi connectivity index (χ0v) is 10.6. The van der Waals surface area contributed by atoms with Gasteiger partial charge in [0.05, 0.1) is 12.1 Å². The summed E-state index contributed by atoms with van der Waals surface area (Å²) in [6.45, 7) is 4.71. The second-order valence-corrected chi connectivity index (χ2v) is 5.86. The average molecular weight is 241 g/mol. The van der Waals surface area contributed by atoms with Crippen molar-refractivity contribution < 1.29 is 0 Å². The maximum absolute atomic E-state index is 4.78. The van der Waals surface area contributed by atoms with Crippen LogP contribution in [0.1, 0.15) is 18.4 Å². The Morgan fingerprint density at radius 3 is 2.61 bits per heavy atom. The smallest absolute Gasteiger partial charge is 0.128 e. The van der Waals surface area contributed by atoms with E-state index in [-0.39, 0.29) is 5.54 Å². The van der Waals surface area contributed by atoms with E-state index in [9.17, 15) is 0 Å². The van der Waals surface area contributed by atoms with E-state index >= 15 is 0 Å². The molecular formula is C15H19N3. The van der Waals surface area contributed by atoms with Crippen molar-refractivity contribution in [3.05, 3.63) is 35.9 Å². The minimum Gasteiger partial charge on any atom is -0.361 e. The Kier molecular flexibility index (Phi) is 2.24. The first-order valence-corrected chi connectivity index (χ1v) is 6.96. The molecule has 1 spiro atoms. The van der Waals surface area contributed by atoms with Gasteiger partial charge in [0.1, 0.15) is 5.84 Å². The summed E-state index contributed by atoms with van der Waals surface area (Å²) in [7, 11) is 0. The highest BCUT2D eigenvalue weighted by atomic mass is 15.3. The third-order valence-electron chi connectivity index (χ3n) is 4.81. The van der Waals surface area contributed by atoms with Crippen molar-refractivity contribution >= 4 is 5.84 Å². The van der Waals surface area contributed by atoms with Crippen LogP contribution in [0.15, 0.2) is 35.3 Å². The number of benzene rings is 1. The van der Waals surface area contributed by atoms with Gasteiger partial charge in [0, 0.05) is 12.1 Å². The lowest BCUT2D eigenvalue weighted by molar-refractivity contribution is 0.0271. The Hall–Kier alpha value is -1.35. The zero-order valence-electron chi connectivity index (χ0n) is 10.6. The number of nitrogens with one attached hydrogen (secondary N) is 1. The summed E-state index contributed by atoms with van der Waals surface area (Å²) in [6.07, 6.45) is 2.68. The number of fused-ring (bicyclic) bond motifs is 2. The molecular weight excluding hydrogens is 222 g/mol. The van der Waals surface area contributed by atoms with Gasteiger partial charge in [-0.05, 0) is 31.8 Å². The van der Waals surface area contributed by atoms with Crippen LogP contribution in [0.25, 0.3) is 0 Å². The molecule has 3 fully saturated rings. The van der Waals surface area contributed by atoms with Crippen molar-refractivity contribution in [1.82, 2.24) is 10.2 Å². The van der Waals surface area contributed by atoms with Crippen molar-refractivity contribution in [1.29, 1.82) is 0 Å². The number of piperidine rings is 3. The number of nitrogens with zero attached hydrogens (tertiary/aromatic N) is 2. The maximum atomic E-state index is 4.78. The van der Waals surface area contributed by atoms with Gasteiger partial charge in [0.25, 0.3) is 0 Å². The first-order valence-electron chi connectivity index (χ1n) is 6.96. The molecule has 5 rings (SSSR count). The van der Waals surface area contributed by atoms with Gasteiger partial charge in [-0.25, -0.2) is 0 Å². The molecule has 0 radical (unpaired) electrons. The van der Waals surface area contributed by atoms with Crippen LogP contribution in [0.5, 0.6) is 0 Å². The Balaban J connectivity index is 1.59. The number of hydrogen-bond acceptors (Lipinski definition) is 3. The van der Waals surface area contributed by atoms with Gasteiger partial charge >= 0.3 is 0 Å². The fraction of sp³-hybridized carbons (Fsp3) is 0.533. The molecule has 1 atom stereocenters. The van der Waals surface area contributed by atoms with Crippen LogP contribution in [0, 0.1) is 5.92 Å². The Labute approximate surface area is 108 Å². The van der Waals surface area contributed by atoms with Crippen LogP contribution in [-0.2, 0) is 0 Å². The molecule has 1 aromatic rings. The number of rotatable bonds is 1. The molecule has 1 aromatic carbocycles. The zero-order chi connectivity index (χ0) is 12.0. The number of amidine groups is 1. The van der Waals surface area contributed by atoms with Gasteiger partial charge in [-0.15, -0.1) is 0 Å². The second-order valence-electron chi connectivity index (χ2n) is 5.86. The van der Waals surface area contributed by atoms with E-state index in [4.69, 9.17) is 4.99 Å². The summed E-state index contributed by atoms with van der Waals surface area (Å²) >= 11 is 0. The minimum absolute atomic E-state index is 0.238. The number of hydrogen-bond donors (Lipinski definition) is 1. The summed E-state index contributed by atoms with van der Waals surface area (Å²) in [5, 5.41) is 3.76. The number of aliphatic imine (C=N–C) groups is 1. The molecule has 0 saturated carbocycles. The van der Waals surface area contributed by atoms with Crippen LogP contribution >= 0.6 is 0 Å². The van der Waals surface area contributed by atoms with Crippen LogP contribution < -0.4 is 5.32 Å². The molecule has 3 nitrogen and oxygen atoms in total. The summed E-state index contributed by atoms with van der Waals surface area (Å²) in [5.74, 6) is 1.91. The summed E-state index contributed by atoms with van der Waals surface area (Å²) in [4.78, 5) is 7.37. The quantitative estimate of drug-likeness (QED) is 0.807. The van der Waals surface area contributed by atoms with Gasteiger partial charge in [-0.1, -0.05) is 30.3 Å². The van der Waals surface area contributed by atoms with Gasteiger partial charge < -0.3 is 10.2 Å². The molecule has 3 saturated heterocycles. The predicted octanol–water partition coefficient (Wildman–Crippen LogP) is 1.50. The predicted molar refractivity (Wildman–Crippen MR) is 72.9 cm³/mol. The average Bonchev–Trinajstić information content (AvgIpc) is 2.85. The second kappa shape index (κ2) is 3.82. The fourth-order valence-corrected chi connectivity index (χ4v) is 3.79. The van der Waals surface area contributed by atoms with E-state index in [1.54, 1.807) is 0 Å². The highest BCUT2D eigenvalue weighted by Gasteiger charge is 2.49. The fourth-order valence-electron chi connectivity index (χ4n) is 3.79. The molecule has 4 heterocycles. The van der Waals surface area contributed by atoms with Gasteiger partial charge in [-0.3, -0.25) is 4.99 Å². The van der Waals surface area contributed by atoms with E-state index in [2.05, 4.69) is 40.5 Å². The van der Waals surface area contributed by atoms with E-state index < -0.39 is 0 Å². The monoisotopic (exact) mass is 241 g/mol. The standard InChI is InChI=1S/C15H19N3/c1-2-4-12(5-3-1)14-16-10-15(17-14)11-18-8-6-13(15)7-9-18/h1-5,13H,6-11H2,(H,16,17). The van der Waals surface area contributed by atoms with E-state index in [0.717, 1.165) is 18.3 Å². The van der Waals surface area contributed by atoms with Crippen LogP contribution in [0.4, 0.5) is 0 Å². The lowest BCUT2D eigenvalue weighted by atomic mass is 9.73. The summed E-state index contributed by atoms with van der Waals surface area (Å²) in [6, 6.07) is 10.5. The lowest BCUT2D eigenvalue weighted by Gasteiger charge is -2.51. The van der Waals surface area contributed by atoms with Crippen LogP contribution in [0.3, 0.4) is 0 Å². The van der Waals surface area contributed by atoms with Crippen molar-refractivity contribution in [2.24, 2.45) is 10.9 Å². The highest BCUT2D eigenvalue weighted by Crippen LogP contribution is 2.38. The SMILES string of the molecule is c1ccc(C2=NCC3(CN4CCC3CC4)N2)cc1. The third kappa shape index (κ3) is 1.50. The Morgan fingerprint density at radius 2 is 1.94 bits per heavy atom. The van der Waals surface area contributed by atoms with Gasteiger partial charge in [0.15, 0.2) is 0 Å². The topological polar surface area (TPSA) is 27.6 Å². The molecule has 4 aliphatic heterocycles. The molecule has 1 N–H and O–H groups in total. The Morgan fingerprint density at radius 1 is 1.17 bits per heavy atom. The van der Waals surface area contributed by atoms with Crippen molar-refractivity contribution in [2.75, 3.05) is 26.2 Å². The van der Waals surface area contributed by atoms with E-state index in [1.807, 2.05) is 0 Å². The molecule has 0 aromatic heterocycles. The first kappa shape index (κ1) is 10.6. The molecule has 1 unspecified atom stereocenters. The molecule has 4 aliphatic rings. The van der Waals surface area contributed by atoms with Crippen LogP contribution in [-0.4, -0.2) is 42.5 Å². The lowest BCUT2D eigenvalue weighted by Crippen LogP contribution is -2.66. The molecule has 3 heteroatoms. The normalized spacial score (nSPS) is 37.7. The largest absolute Gasteiger partial charge is 0.361 e. The summed E-state index contributed by atoms with van der Waals surface area (Å²) < 4.78 is 0. The Bertz CT molecular complexity index is 474. The van der Waals surface area contributed by atoms with Crippen molar-refractivity contribution in [2.45, 2.75) is 18.4 Å². The van der Waals surface area contributed by atoms with Crippen LogP contribution in [0.2, 0.25) is 0 Å². The molecule has 0 aliphatic carbocycles. The minimum atomic E-state index is 0.238. The van der Waals surface area contributed by atoms with Crippen molar-refractivity contribution in [3.8, 4) is 0 Å². The van der Waals surface area contributed by atoms with Gasteiger partial charge in [0.2, 0.25) is 0 Å². The van der Waals surface area contributed by atoms with Crippen molar-refractivity contribution in [3.63, 3.8) is 0 Å². The highest BCUT2D eigenvalue weighted by molar-refractivity contribution is 6.00. The molecule has 94 valence electrons. The third-order valence-corrected chi connectivity index (χ3v) is 4.81. The summed E-state index contributed by atoms with van der Waals surface area (Å²) in [5.41, 5.74) is 1.47. The maximum Gasteiger partial charge on any atom is 0.128 e. The molecule has 0 amide bonds. The van der Waals surface area contributed by atoms with Gasteiger partial charge in [-0.2, -0.15) is 0 Å². The first-order chi connectivity index (χ1) is 8.86.